The maximum absolute atomic E-state index is 12.3. The highest BCUT2D eigenvalue weighted by Gasteiger charge is 2.24. The number of hydrogen-bond acceptors (Lipinski definition) is 5. The molecule has 28 heavy (non-hydrogen) atoms. The van der Waals surface area contributed by atoms with Crippen LogP contribution in [0.25, 0.3) is 0 Å². The third-order valence-electron chi connectivity index (χ3n) is 4.63. The number of carbonyl (C=O) groups excluding carboxylic acids is 2. The molecule has 3 rings (SSSR count). The molecule has 2 N–H and O–H groups in total. The second-order valence-electron chi connectivity index (χ2n) is 6.47. The van der Waals surface area contributed by atoms with Crippen molar-refractivity contribution in [2.75, 3.05) is 39.4 Å². The number of amides is 2. The van der Waals surface area contributed by atoms with Crippen molar-refractivity contribution in [3.8, 4) is 0 Å². The maximum Gasteiger partial charge on any atom is 0.286 e. The molecule has 1 saturated heterocycles. The molecule has 2 aromatic rings. The zero-order valence-corrected chi connectivity index (χ0v) is 16.3. The fourth-order valence-electron chi connectivity index (χ4n) is 3.15. The van der Waals surface area contributed by atoms with E-state index in [9.17, 15) is 9.59 Å². The molecule has 7 nitrogen and oxygen atoms in total. The summed E-state index contributed by atoms with van der Waals surface area (Å²) in [5.74, 6) is -0.239. The summed E-state index contributed by atoms with van der Waals surface area (Å²) in [5, 5.41) is 6.31. The average Bonchev–Trinajstić information content (AvgIpc) is 3.25. The Kier molecular flexibility index (Phi) is 7.47. The van der Waals surface area contributed by atoms with E-state index in [1.165, 1.54) is 6.26 Å². The molecule has 1 aliphatic heterocycles. The minimum atomic E-state index is -0.333. The fourth-order valence-corrected chi connectivity index (χ4v) is 3.42. The lowest BCUT2D eigenvalue weighted by molar-refractivity contribution is -0.121. The van der Waals surface area contributed by atoms with Gasteiger partial charge < -0.3 is 19.8 Å². The molecule has 1 aromatic heterocycles. The van der Waals surface area contributed by atoms with Crippen molar-refractivity contribution in [1.82, 2.24) is 15.5 Å². The van der Waals surface area contributed by atoms with Gasteiger partial charge in [-0.3, -0.25) is 14.5 Å². The van der Waals surface area contributed by atoms with Crippen molar-refractivity contribution in [2.24, 2.45) is 0 Å². The van der Waals surface area contributed by atoms with Crippen molar-refractivity contribution in [3.05, 3.63) is 59.0 Å². The summed E-state index contributed by atoms with van der Waals surface area (Å²) in [7, 11) is 0. The minimum absolute atomic E-state index is 0.0285. The second-order valence-corrected chi connectivity index (χ2v) is 6.88. The van der Waals surface area contributed by atoms with Crippen molar-refractivity contribution in [3.63, 3.8) is 0 Å². The predicted molar refractivity (Wildman–Crippen MR) is 105 cm³/mol. The molecule has 1 atom stereocenters. The van der Waals surface area contributed by atoms with E-state index in [0.717, 1.165) is 18.7 Å². The summed E-state index contributed by atoms with van der Waals surface area (Å²) in [6.45, 7) is 3.56. The van der Waals surface area contributed by atoms with Gasteiger partial charge in [-0.25, -0.2) is 0 Å². The molecule has 0 aliphatic carbocycles. The Morgan fingerprint density at radius 1 is 1.11 bits per heavy atom. The summed E-state index contributed by atoms with van der Waals surface area (Å²) in [5.41, 5.74) is 0.984. The standard InChI is InChI=1S/C20H24ClN3O4/c21-16-5-2-1-4-15(16)17(24-9-12-27-13-10-24)14-23-19(25)7-8-22-20(26)18-6-3-11-28-18/h1-6,11,17H,7-10,12-14H2,(H,22,26)(H,23,25). The van der Waals surface area contributed by atoms with Crippen molar-refractivity contribution >= 4 is 23.4 Å². The second kappa shape index (κ2) is 10.3. The first-order chi connectivity index (χ1) is 13.6. The van der Waals surface area contributed by atoms with E-state index in [2.05, 4.69) is 15.5 Å². The van der Waals surface area contributed by atoms with Gasteiger partial charge in [-0.1, -0.05) is 29.8 Å². The number of nitrogens with one attached hydrogen (secondary N) is 2. The first-order valence-electron chi connectivity index (χ1n) is 9.30. The van der Waals surface area contributed by atoms with Gasteiger partial charge >= 0.3 is 0 Å². The third kappa shape index (κ3) is 5.58. The van der Waals surface area contributed by atoms with Gasteiger partial charge in [-0.2, -0.15) is 0 Å². The van der Waals surface area contributed by atoms with Crippen LogP contribution in [0, 0.1) is 0 Å². The Hall–Kier alpha value is -2.35. The zero-order valence-electron chi connectivity index (χ0n) is 15.5. The van der Waals surface area contributed by atoms with Crippen LogP contribution >= 0.6 is 11.6 Å². The number of nitrogens with zero attached hydrogens (tertiary/aromatic N) is 1. The van der Waals surface area contributed by atoms with Crippen LogP contribution in [-0.2, 0) is 9.53 Å². The normalized spacial score (nSPS) is 15.8. The molecule has 0 saturated carbocycles. The van der Waals surface area contributed by atoms with Gasteiger partial charge in [0.1, 0.15) is 0 Å². The number of morpholine rings is 1. The third-order valence-corrected chi connectivity index (χ3v) is 4.97. The highest BCUT2D eigenvalue weighted by molar-refractivity contribution is 6.31. The smallest absolute Gasteiger partial charge is 0.286 e. The van der Waals surface area contributed by atoms with Gasteiger partial charge in [0, 0.05) is 37.6 Å². The van der Waals surface area contributed by atoms with E-state index in [1.807, 2.05) is 24.3 Å². The molecular weight excluding hydrogens is 382 g/mol. The number of hydrogen-bond donors (Lipinski definition) is 2. The number of halogens is 1. The topological polar surface area (TPSA) is 83.8 Å². The molecule has 1 aromatic carbocycles. The molecule has 0 radical (unpaired) electrons. The van der Waals surface area contributed by atoms with Crippen molar-refractivity contribution < 1.29 is 18.7 Å². The lowest BCUT2D eigenvalue weighted by atomic mass is 10.0. The minimum Gasteiger partial charge on any atom is -0.459 e. The Morgan fingerprint density at radius 2 is 1.89 bits per heavy atom. The number of furan rings is 1. The van der Waals surface area contributed by atoms with Crippen LogP contribution in [0.4, 0.5) is 0 Å². The molecule has 0 spiro atoms. The Balaban J connectivity index is 1.52. The fraction of sp³-hybridized carbons (Fsp3) is 0.400. The summed E-state index contributed by atoms with van der Waals surface area (Å²) in [4.78, 5) is 26.3. The Labute approximate surface area is 169 Å². The summed E-state index contributed by atoms with van der Waals surface area (Å²) in [6.07, 6.45) is 1.62. The summed E-state index contributed by atoms with van der Waals surface area (Å²) < 4.78 is 10.5. The monoisotopic (exact) mass is 405 g/mol. The largest absolute Gasteiger partial charge is 0.459 e. The molecule has 2 heterocycles. The molecule has 8 heteroatoms. The predicted octanol–water partition coefficient (Wildman–Crippen LogP) is 2.24. The highest BCUT2D eigenvalue weighted by Crippen LogP contribution is 2.27. The highest BCUT2D eigenvalue weighted by atomic mass is 35.5. The molecule has 1 aliphatic rings. The number of rotatable bonds is 8. The first-order valence-corrected chi connectivity index (χ1v) is 9.67. The van der Waals surface area contributed by atoms with Crippen molar-refractivity contribution in [1.29, 1.82) is 0 Å². The van der Waals surface area contributed by atoms with Crippen LogP contribution in [0.1, 0.15) is 28.6 Å². The van der Waals surface area contributed by atoms with Crippen LogP contribution in [0.3, 0.4) is 0 Å². The van der Waals surface area contributed by atoms with E-state index in [0.29, 0.717) is 24.8 Å². The van der Waals surface area contributed by atoms with Gasteiger partial charge in [0.05, 0.1) is 25.5 Å². The van der Waals surface area contributed by atoms with Crippen LogP contribution in [-0.4, -0.2) is 56.1 Å². The molecule has 0 bridgehead atoms. The molecular formula is C20H24ClN3O4. The quantitative estimate of drug-likeness (QED) is 0.703. The number of benzene rings is 1. The van der Waals surface area contributed by atoms with Gasteiger partial charge in [0.2, 0.25) is 5.91 Å². The summed E-state index contributed by atoms with van der Waals surface area (Å²) >= 11 is 6.39. The molecule has 2 amide bonds. The molecule has 1 fully saturated rings. The maximum atomic E-state index is 12.3. The van der Waals surface area contributed by atoms with Crippen molar-refractivity contribution in [2.45, 2.75) is 12.5 Å². The van der Waals surface area contributed by atoms with Crippen LogP contribution < -0.4 is 10.6 Å². The molecule has 1 unspecified atom stereocenters. The molecule has 150 valence electrons. The van der Waals surface area contributed by atoms with Gasteiger partial charge in [-0.15, -0.1) is 0 Å². The van der Waals surface area contributed by atoms with Crippen LogP contribution in [0.2, 0.25) is 5.02 Å². The first kappa shape index (κ1) is 20.4. The zero-order chi connectivity index (χ0) is 19.8. The van der Waals surface area contributed by atoms with Gasteiger partial charge in [0.15, 0.2) is 5.76 Å². The van der Waals surface area contributed by atoms with Gasteiger partial charge in [0.25, 0.3) is 5.91 Å². The number of carbonyl (C=O) groups is 2. The Bertz CT molecular complexity index is 776. The van der Waals surface area contributed by atoms with E-state index in [-0.39, 0.29) is 36.6 Å². The lowest BCUT2D eigenvalue weighted by Crippen LogP contribution is -2.44. The van der Waals surface area contributed by atoms with E-state index >= 15 is 0 Å². The van der Waals surface area contributed by atoms with Crippen LogP contribution in [0.15, 0.2) is 47.1 Å². The Morgan fingerprint density at radius 3 is 2.61 bits per heavy atom. The average molecular weight is 406 g/mol. The van der Waals surface area contributed by atoms with E-state index in [4.69, 9.17) is 20.8 Å². The van der Waals surface area contributed by atoms with E-state index in [1.54, 1.807) is 12.1 Å². The van der Waals surface area contributed by atoms with Crippen LogP contribution in [0.5, 0.6) is 0 Å². The lowest BCUT2D eigenvalue weighted by Gasteiger charge is -2.35. The van der Waals surface area contributed by atoms with Gasteiger partial charge in [-0.05, 0) is 23.8 Å². The van der Waals surface area contributed by atoms with E-state index < -0.39 is 0 Å². The number of ether oxygens (including phenoxy) is 1. The summed E-state index contributed by atoms with van der Waals surface area (Å²) in [6, 6.07) is 10.9. The SMILES string of the molecule is O=C(CCNC(=O)c1ccco1)NCC(c1ccccc1Cl)N1CCOCC1.